The Labute approximate surface area is 283 Å². The molecule has 0 fully saturated rings. The van der Waals surface area contributed by atoms with Gasteiger partial charge < -0.3 is 4.74 Å². The summed E-state index contributed by atoms with van der Waals surface area (Å²) >= 11 is 12.5. The first-order valence-electron chi connectivity index (χ1n) is 15.5. The van der Waals surface area contributed by atoms with Gasteiger partial charge in [-0.15, -0.1) is 0 Å². The van der Waals surface area contributed by atoms with Crippen molar-refractivity contribution < 1.29 is 22.7 Å². The molecule has 0 saturated heterocycles. The second kappa shape index (κ2) is 14.5. The number of hydrogen-bond acceptors (Lipinski definition) is 4. The van der Waals surface area contributed by atoms with Crippen LogP contribution in [0.2, 0.25) is 10.0 Å². The van der Waals surface area contributed by atoms with E-state index in [1.807, 2.05) is 36.4 Å². The van der Waals surface area contributed by atoms with Crippen molar-refractivity contribution in [2.24, 2.45) is 4.99 Å². The molecular weight excluding hydrogens is 646 g/mol. The Kier molecular flexibility index (Phi) is 10.6. The highest BCUT2D eigenvalue weighted by atomic mass is 35.5. The van der Waals surface area contributed by atoms with Crippen molar-refractivity contribution in [1.82, 2.24) is 9.80 Å². The number of alkyl halides is 3. The highest BCUT2D eigenvalue weighted by molar-refractivity contribution is 6.30. The molecule has 0 aromatic heterocycles. The van der Waals surface area contributed by atoms with Gasteiger partial charge in [-0.3, -0.25) is 19.6 Å². The lowest BCUT2D eigenvalue weighted by molar-refractivity contribution is -0.137. The van der Waals surface area contributed by atoms with Gasteiger partial charge in [0.2, 0.25) is 0 Å². The van der Waals surface area contributed by atoms with Crippen LogP contribution in [-0.4, -0.2) is 40.7 Å². The van der Waals surface area contributed by atoms with Crippen molar-refractivity contribution in [3.63, 3.8) is 0 Å². The summed E-state index contributed by atoms with van der Waals surface area (Å²) in [6.07, 6.45) is -5.04. The molecule has 0 spiro atoms. The number of amides is 1. The Morgan fingerprint density at radius 3 is 1.98 bits per heavy atom. The molecule has 0 radical (unpaired) electrons. The van der Waals surface area contributed by atoms with E-state index in [0.29, 0.717) is 15.6 Å². The molecule has 2 atom stereocenters. The smallest absolute Gasteiger partial charge is 0.416 e. The van der Waals surface area contributed by atoms with Crippen molar-refractivity contribution in [3.05, 3.63) is 134 Å². The number of aliphatic imine (C=N–C) groups is 1. The van der Waals surface area contributed by atoms with Crippen molar-refractivity contribution in [2.75, 3.05) is 13.1 Å². The highest BCUT2D eigenvalue weighted by Crippen LogP contribution is 2.46. The molecule has 5 rings (SSSR count). The zero-order chi connectivity index (χ0) is 33.9. The van der Waals surface area contributed by atoms with Crippen LogP contribution in [-0.2, 0) is 12.7 Å². The summed E-state index contributed by atoms with van der Waals surface area (Å²) in [4.78, 5) is 23.6. The zero-order valence-corrected chi connectivity index (χ0v) is 28.1. The lowest BCUT2D eigenvalue weighted by Crippen LogP contribution is -2.38. The Morgan fingerprint density at radius 1 is 0.872 bits per heavy atom. The summed E-state index contributed by atoms with van der Waals surface area (Å²) in [5.41, 5.74) is 2.40. The van der Waals surface area contributed by atoms with Crippen molar-refractivity contribution in [2.45, 2.75) is 58.6 Å². The molecule has 4 aromatic rings. The number of hydrogen-bond donors (Lipinski definition) is 0. The van der Waals surface area contributed by atoms with Gasteiger partial charge in [-0.05, 0) is 98.2 Å². The number of rotatable bonds is 10. The summed E-state index contributed by atoms with van der Waals surface area (Å²) in [6.45, 7) is 10.2. The zero-order valence-electron chi connectivity index (χ0n) is 26.6. The number of carbonyl (C=O) groups is 1. The molecule has 1 heterocycles. The molecule has 1 aliphatic heterocycles. The van der Waals surface area contributed by atoms with E-state index < -0.39 is 29.9 Å². The maximum Gasteiger partial charge on any atom is 0.416 e. The summed E-state index contributed by atoms with van der Waals surface area (Å²) in [6, 6.07) is 23.7. The lowest BCUT2D eigenvalue weighted by Gasteiger charge is -2.30. The average molecular weight is 683 g/mol. The summed E-state index contributed by atoms with van der Waals surface area (Å²) < 4.78 is 47.5. The van der Waals surface area contributed by atoms with E-state index in [0.717, 1.165) is 48.5 Å². The SMILES string of the molecule is CCN(CC)Cc1ccc(C(=O)N2C(c3ccc(C(F)(F)F)cc3OC(C)C)=NC(c3ccc(Cl)cc3)C2c2ccc(Cl)cc2)cc1. The van der Waals surface area contributed by atoms with Crippen molar-refractivity contribution in [1.29, 1.82) is 0 Å². The van der Waals surface area contributed by atoms with Crippen LogP contribution in [0.15, 0.2) is 96.0 Å². The molecule has 10 heteroatoms. The Morgan fingerprint density at radius 2 is 1.45 bits per heavy atom. The van der Waals surface area contributed by atoms with Crippen molar-refractivity contribution >= 4 is 34.9 Å². The fourth-order valence-electron chi connectivity index (χ4n) is 5.70. The number of nitrogens with zero attached hydrogens (tertiary/aromatic N) is 3. The number of ether oxygens (including phenoxy) is 1. The minimum Gasteiger partial charge on any atom is -0.490 e. The van der Waals surface area contributed by atoms with Gasteiger partial charge in [0.25, 0.3) is 5.91 Å². The summed E-state index contributed by atoms with van der Waals surface area (Å²) in [7, 11) is 0. The van der Waals surface area contributed by atoms with Crippen LogP contribution in [0.1, 0.15) is 78.0 Å². The average Bonchev–Trinajstić information content (AvgIpc) is 3.44. The van der Waals surface area contributed by atoms with E-state index >= 15 is 0 Å². The van der Waals surface area contributed by atoms with E-state index in [9.17, 15) is 18.0 Å². The first kappa shape index (κ1) is 34.5. The molecular formula is C37H36Cl2F3N3O2. The maximum absolute atomic E-state index is 14.7. The lowest BCUT2D eigenvalue weighted by atomic mass is 9.93. The van der Waals surface area contributed by atoms with Gasteiger partial charge in [0, 0.05) is 22.2 Å². The molecule has 0 N–H and O–H groups in total. The van der Waals surface area contributed by atoms with Gasteiger partial charge in [0.05, 0.1) is 23.3 Å². The van der Waals surface area contributed by atoms with Crippen LogP contribution in [0.4, 0.5) is 13.2 Å². The van der Waals surface area contributed by atoms with Gasteiger partial charge in [-0.25, -0.2) is 0 Å². The van der Waals surface area contributed by atoms with Crippen LogP contribution in [0.3, 0.4) is 0 Å². The van der Waals surface area contributed by atoms with Crippen LogP contribution in [0.5, 0.6) is 5.75 Å². The predicted octanol–water partition coefficient (Wildman–Crippen LogP) is 10.0. The summed E-state index contributed by atoms with van der Waals surface area (Å²) in [5.74, 6) is -0.177. The normalized spacial score (nSPS) is 16.6. The molecule has 4 aromatic carbocycles. The Bertz CT molecular complexity index is 1720. The van der Waals surface area contributed by atoms with Crippen molar-refractivity contribution in [3.8, 4) is 5.75 Å². The fraction of sp³-hybridized carbons (Fsp3) is 0.297. The maximum atomic E-state index is 14.7. The second-order valence-electron chi connectivity index (χ2n) is 11.7. The largest absolute Gasteiger partial charge is 0.490 e. The number of halogens is 5. The van der Waals surface area contributed by atoms with Gasteiger partial charge in [0.1, 0.15) is 17.6 Å². The van der Waals surface area contributed by atoms with E-state index in [1.165, 1.54) is 6.07 Å². The number of carbonyl (C=O) groups excluding carboxylic acids is 1. The third kappa shape index (κ3) is 7.83. The predicted molar refractivity (Wildman–Crippen MR) is 181 cm³/mol. The third-order valence-electron chi connectivity index (χ3n) is 8.12. The van der Waals surface area contributed by atoms with E-state index in [-0.39, 0.29) is 23.1 Å². The topological polar surface area (TPSA) is 45.1 Å². The van der Waals surface area contributed by atoms with Crippen LogP contribution < -0.4 is 4.74 Å². The molecule has 1 amide bonds. The van der Waals surface area contributed by atoms with Gasteiger partial charge in [-0.1, -0.05) is 73.4 Å². The quantitative estimate of drug-likeness (QED) is 0.167. The van der Waals surface area contributed by atoms with E-state index in [4.69, 9.17) is 32.9 Å². The molecule has 0 aliphatic carbocycles. The molecule has 0 bridgehead atoms. The fourth-order valence-corrected chi connectivity index (χ4v) is 5.95. The van der Waals surface area contributed by atoms with Crippen LogP contribution in [0, 0.1) is 0 Å². The molecule has 2 unspecified atom stereocenters. The molecule has 0 saturated carbocycles. The standard InChI is InChI=1S/C37H36Cl2F3N3O2/c1-5-44(6-2)22-24-7-9-27(10-8-24)36(46)45-34(26-13-18-30(39)19-14-26)33(25-11-16-29(38)17-12-25)43-35(45)31-20-15-28(37(40,41)42)21-32(31)47-23(3)4/h7-21,23,33-34H,5-6,22H2,1-4H3. The molecule has 246 valence electrons. The number of benzene rings is 4. The minimum absolute atomic E-state index is 0.0208. The third-order valence-corrected chi connectivity index (χ3v) is 8.63. The Hall–Kier alpha value is -3.85. The van der Waals surface area contributed by atoms with Crippen LogP contribution in [0.25, 0.3) is 0 Å². The van der Waals surface area contributed by atoms with Gasteiger partial charge in [-0.2, -0.15) is 13.2 Å². The van der Waals surface area contributed by atoms with Gasteiger partial charge >= 0.3 is 6.18 Å². The monoisotopic (exact) mass is 681 g/mol. The van der Waals surface area contributed by atoms with Gasteiger partial charge in [0.15, 0.2) is 0 Å². The number of amidine groups is 1. The second-order valence-corrected chi connectivity index (χ2v) is 12.5. The molecule has 47 heavy (non-hydrogen) atoms. The first-order valence-corrected chi connectivity index (χ1v) is 16.3. The molecule has 5 nitrogen and oxygen atoms in total. The van der Waals surface area contributed by atoms with Crippen LogP contribution >= 0.6 is 23.2 Å². The summed E-state index contributed by atoms with van der Waals surface area (Å²) in [5, 5.41) is 1.06. The minimum atomic E-state index is -4.59. The van der Waals surface area contributed by atoms with E-state index in [1.54, 1.807) is 55.1 Å². The molecule has 1 aliphatic rings. The van der Waals surface area contributed by atoms with E-state index in [2.05, 4.69) is 18.7 Å². The first-order chi connectivity index (χ1) is 22.4. The highest BCUT2D eigenvalue weighted by Gasteiger charge is 2.44. The Balaban J connectivity index is 1.70.